The van der Waals surface area contributed by atoms with Gasteiger partial charge in [-0.25, -0.2) is 14.6 Å². The van der Waals surface area contributed by atoms with Gasteiger partial charge in [0.25, 0.3) is 11.7 Å². The van der Waals surface area contributed by atoms with E-state index >= 15 is 0 Å². The molecule has 4 aromatic rings. The molecule has 15 heteroatoms. The van der Waals surface area contributed by atoms with Gasteiger partial charge in [-0.2, -0.15) is 0 Å². The van der Waals surface area contributed by atoms with E-state index in [1.165, 1.54) is 0 Å². The summed E-state index contributed by atoms with van der Waals surface area (Å²) in [5.74, 6) is 2.48. The maximum Gasteiger partial charge on any atom is 0.321 e. The van der Waals surface area contributed by atoms with Crippen molar-refractivity contribution in [3.8, 4) is 22.3 Å². The van der Waals surface area contributed by atoms with E-state index in [1.54, 1.807) is 6.07 Å². The number of anilines is 4. The highest BCUT2D eigenvalue weighted by molar-refractivity contribution is 5.94. The molecule has 0 bridgehead atoms. The van der Waals surface area contributed by atoms with Crippen LogP contribution in [-0.2, 0) is 9.47 Å². The molecule has 8 rings (SSSR count). The zero-order valence-corrected chi connectivity index (χ0v) is 37.0. The number of rotatable bonds is 9. The van der Waals surface area contributed by atoms with E-state index in [1.807, 2.05) is 78.2 Å². The number of hydrogen-bond donors (Lipinski definition) is 3. The Labute approximate surface area is 370 Å². The Bertz CT molecular complexity index is 2320. The van der Waals surface area contributed by atoms with Crippen molar-refractivity contribution in [2.24, 2.45) is 17.6 Å². The van der Waals surface area contributed by atoms with Crippen molar-refractivity contribution in [3.63, 3.8) is 0 Å². The SMILES string of the molecule is CC[C@@H]1CCN(C(=O)Nc2ccc(C)c(-c3cc(C(N)=O)nc(N4CCOCC4)c3)c2)C1.[C-]#[N+]c1cc(-c2cc(NC(=O)N3CC[C@@H](CC)C3)ccc2C)cc(N2CCOCC2)n1. The first-order valence-corrected chi connectivity index (χ1v) is 22.2. The lowest BCUT2D eigenvalue weighted by Crippen LogP contribution is -2.37. The van der Waals surface area contributed by atoms with Gasteiger partial charge in [0.15, 0.2) is 0 Å². The molecule has 0 radical (unpaired) electrons. The number of urea groups is 2. The van der Waals surface area contributed by atoms with Crippen molar-refractivity contribution in [2.75, 3.05) is 99.2 Å². The quantitative estimate of drug-likeness (QED) is 0.142. The third-order valence-corrected chi connectivity index (χ3v) is 12.5. The molecule has 4 fully saturated rings. The number of ether oxygens (including phenoxy) is 2. The number of benzene rings is 2. The van der Waals surface area contributed by atoms with Crippen LogP contribution in [0.1, 0.15) is 61.1 Å². The van der Waals surface area contributed by atoms with Gasteiger partial charge in [0.2, 0.25) is 5.82 Å². The summed E-state index contributed by atoms with van der Waals surface area (Å²) in [6.07, 6.45) is 4.33. The molecule has 2 aromatic carbocycles. The van der Waals surface area contributed by atoms with Crippen LogP contribution in [0.5, 0.6) is 0 Å². The summed E-state index contributed by atoms with van der Waals surface area (Å²) in [4.78, 5) is 58.0. The number of nitrogens with two attached hydrogens (primary N) is 1. The lowest BCUT2D eigenvalue weighted by atomic mass is 9.99. The van der Waals surface area contributed by atoms with Crippen molar-refractivity contribution in [1.29, 1.82) is 0 Å². The number of primary amides is 1. The first-order valence-electron chi connectivity index (χ1n) is 22.2. The molecule has 4 N–H and O–H groups in total. The molecule has 5 amide bonds. The maximum atomic E-state index is 12.7. The predicted octanol–water partition coefficient (Wildman–Crippen LogP) is 7.96. The summed E-state index contributed by atoms with van der Waals surface area (Å²) in [6, 6.07) is 19.2. The van der Waals surface area contributed by atoms with E-state index < -0.39 is 5.91 Å². The topological polar surface area (TPSA) is 163 Å². The normalized spacial score (nSPS) is 18.7. The number of morpholine rings is 2. The standard InChI is InChI=1S/C24H31N5O3.C24H29N5O2/c1-3-17-6-7-29(15-17)24(31)26-19-5-4-16(2)20(14-19)18-12-21(23(25)30)27-22(13-18)28-8-10-32-11-9-28;1-4-18-7-8-29(16-18)24(30)26-20-6-5-17(2)21(15-20)19-13-22(25-3)27-23(14-19)28-9-11-31-12-10-28/h4-5,12-14,17H,3,6-11,15H2,1-2H3,(H2,25,30)(H,26,31);5-6,13-15,18H,4,7-12,16H2,1-2H3,(H,26,30)/t17-;18-/m11/s1. The number of nitrogens with one attached hydrogen (secondary N) is 2. The molecule has 6 heterocycles. The van der Waals surface area contributed by atoms with E-state index in [9.17, 15) is 14.4 Å². The molecule has 4 aliphatic rings. The number of likely N-dealkylation sites (tertiary alicyclic amines) is 2. The van der Waals surface area contributed by atoms with Gasteiger partial charge in [-0.3, -0.25) is 4.79 Å². The molecule has 4 aliphatic heterocycles. The second-order valence-corrected chi connectivity index (χ2v) is 16.8. The number of aromatic nitrogens is 2. The number of pyridine rings is 2. The van der Waals surface area contributed by atoms with Crippen LogP contribution in [0.25, 0.3) is 27.1 Å². The summed E-state index contributed by atoms with van der Waals surface area (Å²) in [7, 11) is 0. The van der Waals surface area contributed by atoms with Crippen molar-refractivity contribution in [2.45, 2.75) is 53.4 Å². The van der Waals surface area contributed by atoms with Gasteiger partial charge in [-0.15, -0.1) is 4.98 Å². The summed E-state index contributed by atoms with van der Waals surface area (Å²) in [5.41, 5.74) is 13.1. The molecule has 0 unspecified atom stereocenters. The number of carbonyl (C=O) groups excluding carboxylic acids is 3. The number of nitrogens with zero attached hydrogens (tertiary/aromatic N) is 7. The average Bonchev–Trinajstić information content (AvgIpc) is 4.02. The third kappa shape index (κ3) is 11.2. The number of carbonyl (C=O) groups is 3. The zero-order valence-electron chi connectivity index (χ0n) is 37.0. The van der Waals surface area contributed by atoms with E-state index in [2.05, 4.69) is 49.1 Å². The lowest BCUT2D eigenvalue weighted by molar-refractivity contribution is 0.0995. The van der Waals surface area contributed by atoms with Crippen molar-refractivity contribution in [3.05, 3.63) is 88.9 Å². The zero-order chi connectivity index (χ0) is 44.5. The lowest BCUT2D eigenvalue weighted by Gasteiger charge is -2.28. The molecule has 332 valence electrons. The summed E-state index contributed by atoms with van der Waals surface area (Å²) < 4.78 is 10.9. The number of hydrogen-bond acceptors (Lipinski definition) is 9. The molecule has 4 saturated heterocycles. The first-order chi connectivity index (χ1) is 30.5. The van der Waals surface area contributed by atoms with Crippen molar-refractivity contribution in [1.82, 2.24) is 19.8 Å². The second kappa shape index (κ2) is 20.8. The molecular formula is C48H60N10O5. The Hall–Kier alpha value is -6.24. The van der Waals surface area contributed by atoms with Gasteiger partial charge in [-0.05, 0) is 114 Å². The fraction of sp³-hybridized carbons (Fsp3) is 0.458. The highest BCUT2D eigenvalue weighted by atomic mass is 16.5. The summed E-state index contributed by atoms with van der Waals surface area (Å²) >= 11 is 0. The van der Waals surface area contributed by atoms with Crippen LogP contribution >= 0.6 is 0 Å². The fourth-order valence-electron chi connectivity index (χ4n) is 8.55. The van der Waals surface area contributed by atoms with Crippen LogP contribution in [-0.4, -0.2) is 117 Å². The fourth-order valence-corrected chi connectivity index (χ4v) is 8.55. The highest BCUT2D eigenvalue weighted by Crippen LogP contribution is 2.34. The van der Waals surface area contributed by atoms with Gasteiger partial charge < -0.3 is 50.3 Å². The number of aryl methyl sites for hydroxylation is 2. The van der Waals surface area contributed by atoms with E-state index in [0.717, 1.165) is 116 Å². The van der Waals surface area contributed by atoms with Gasteiger partial charge in [-0.1, -0.05) is 45.4 Å². The minimum absolute atomic E-state index is 0.0451. The van der Waals surface area contributed by atoms with Gasteiger partial charge in [0.1, 0.15) is 11.5 Å². The van der Waals surface area contributed by atoms with Crippen LogP contribution in [0.4, 0.5) is 38.4 Å². The molecular weight excluding hydrogens is 797 g/mol. The van der Waals surface area contributed by atoms with Crippen LogP contribution < -0.4 is 26.2 Å². The average molecular weight is 857 g/mol. The first kappa shape index (κ1) is 44.8. The Balaban J connectivity index is 0.000000189. The Morgan fingerprint density at radius 3 is 1.57 bits per heavy atom. The van der Waals surface area contributed by atoms with Crippen LogP contribution in [0.2, 0.25) is 0 Å². The van der Waals surface area contributed by atoms with Crippen LogP contribution in [0.3, 0.4) is 0 Å². The Morgan fingerprint density at radius 1 is 0.683 bits per heavy atom. The third-order valence-electron chi connectivity index (χ3n) is 12.5. The molecule has 0 aliphatic carbocycles. The minimum atomic E-state index is -0.567. The molecule has 2 atom stereocenters. The molecule has 0 saturated carbocycles. The van der Waals surface area contributed by atoms with E-state index in [0.29, 0.717) is 63.0 Å². The summed E-state index contributed by atoms with van der Waals surface area (Å²) in [6.45, 7) is 24.6. The largest absolute Gasteiger partial charge is 0.378 e. The maximum absolute atomic E-state index is 12.7. The molecule has 15 nitrogen and oxygen atoms in total. The summed E-state index contributed by atoms with van der Waals surface area (Å²) in [5, 5.41) is 6.09. The van der Waals surface area contributed by atoms with E-state index in [4.69, 9.17) is 21.8 Å². The minimum Gasteiger partial charge on any atom is -0.378 e. The molecule has 0 spiro atoms. The van der Waals surface area contributed by atoms with Crippen molar-refractivity contribution < 1.29 is 23.9 Å². The van der Waals surface area contributed by atoms with Crippen LogP contribution in [0, 0.1) is 32.3 Å². The van der Waals surface area contributed by atoms with E-state index in [-0.39, 0.29) is 17.8 Å². The van der Waals surface area contributed by atoms with Gasteiger partial charge in [0.05, 0.1) is 26.4 Å². The molecule has 2 aromatic heterocycles. The van der Waals surface area contributed by atoms with Gasteiger partial charge >= 0.3 is 12.1 Å². The Kier molecular flexibility index (Phi) is 14.8. The van der Waals surface area contributed by atoms with Crippen LogP contribution in [0.15, 0.2) is 60.7 Å². The smallest absolute Gasteiger partial charge is 0.321 e. The Morgan fingerprint density at radius 2 is 1.14 bits per heavy atom. The highest BCUT2D eigenvalue weighted by Gasteiger charge is 2.27. The predicted molar refractivity (Wildman–Crippen MR) is 248 cm³/mol. The van der Waals surface area contributed by atoms with Crippen molar-refractivity contribution >= 4 is 46.8 Å². The molecule has 63 heavy (non-hydrogen) atoms. The number of amides is 5. The monoisotopic (exact) mass is 856 g/mol. The second-order valence-electron chi connectivity index (χ2n) is 16.8. The van der Waals surface area contributed by atoms with Gasteiger partial charge in [0, 0.05) is 69.8 Å².